The maximum Gasteiger partial charge on any atom is 0.243 e. The lowest BCUT2D eigenvalue weighted by molar-refractivity contribution is -0.126. The van der Waals surface area contributed by atoms with Crippen LogP contribution < -0.4 is 10.1 Å². The summed E-state index contributed by atoms with van der Waals surface area (Å²) in [6.07, 6.45) is 1.41. The van der Waals surface area contributed by atoms with Crippen LogP contribution in [0.1, 0.15) is 32.3 Å². The molecule has 1 aromatic rings. The number of carbonyl (C=O) groups is 1. The number of ether oxygens (including phenoxy) is 1. The monoisotopic (exact) mass is 368 g/mol. The van der Waals surface area contributed by atoms with Gasteiger partial charge in [0.1, 0.15) is 5.75 Å². The maximum atomic E-state index is 12.9. The molecular formula is C18H28N2O4S. The summed E-state index contributed by atoms with van der Waals surface area (Å²) in [4.78, 5) is 12.5. The lowest BCUT2D eigenvalue weighted by Crippen LogP contribution is -2.45. The number of sulfonamides is 1. The fourth-order valence-corrected chi connectivity index (χ4v) is 4.59. The molecule has 140 valence electrons. The summed E-state index contributed by atoms with van der Waals surface area (Å²) in [6, 6.07) is 4.85. The molecule has 1 aromatic carbocycles. The number of nitrogens with one attached hydrogen (secondary N) is 1. The van der Waals surface area contributed by atoms with E-state index in [1.54, 1.807) is 25.3 Å². The van der Waals surface area contributed by atoms with Gasteiger partial charge in [-0.25, -0.2) is 8.42 Å². The van der Waals surface area contributed by atoms with Crippen molar-refractivity contribution in [2.75, 3.05) is 26.7 Å². The largest absolute Gasteiger partial charge is 0.496 e. The Bertz CT molecular complexity index is 716. The number of piperidine rings is 1. The molecule has 1 aliphatic heterocycles. The highest BCUT2D eigenvalue weighted by Crippen LogP contribution is 2.27. The second-order valence-corrected chi connectivity index (χ2v) is 8.91. The van der Waals surface area contributed by atoms with Gasteiger partial charge in [0.05, 0.1) is 17.9 Å². The Morgan fingerprint density at radius 2 is 2.12 bits per heavy atom. The Hall–Kier alpha value is -1.60. The number of hydrogen-bond donors (Lipinski definition) is 1. The first-order valence-corrected chi connectivity index (χ1v) is 10.1. The van der Waals surface area contributed by atoms with Crippen molar-refractivity contribution in [3.63, 3.8) is 0 Å². The Balaban J connectivity index is 2.13. The van der Waals surface area contributed by atoms with E-state index < -0.39 is 10.0 Å². The molecule has 7 heteroatoms. The number of amides is 1. The predicted octanol–water partition coefficient (Wildman–Crippen LogP) is 2.18. The van der Waals surface area contributed by atoms with Crippen LogP contribution >= 0.6 is 0 Å². The van der Waals surface area contributed by atoms with E-state index in [9.17, 15) is 13.2 Å². The summed E-state index contributed by atoms with van der Waals surface area (Å²) in [7, 11) is -2.05. The summed E-state index contributed by atoms with van der Waals surface area (Å²) in [5.41, 5.74) is 0.770. The van der Waals surface area contributed by atoms with Crippen LogP contribution in [0.5, 0.6) is 5.75 Å². The lowest BCUT2D eigenvalue weighted by atomic mass is 9.98. The molecule has 1 heterocycles. The van der Waals surface area contributed by atoms with Gasteiger partial charge in [-0.2, -0.15) is 4.31 Å². The van der Waals surface area contributed by atoms with E-state index in [2.05, 4.69) is 5.32 Å². The molecule has 0 aromatic heterocycles. The van der Waals surface area contributed by atoms with Crippen molar-refractivity contribution in [1.29, 1.82) is 0 Å². The smallest absolute Gasteiger partial charge is 0.243 e. The first-order valence-electron chi connectivity index (χ1n) is 8.68. The van der Waals surface area contributed by atoms with Gasteiger partial charge in [-0.3, -0.25) is 4.79 Å². The quantitative estimate of drug-likeness (QED) is 0.835. The van der Waals surface area contributed by atoms with Gasteiger partial charge in [-0.1, -0.05) is 13.8 Å². The van der Waals surface area contributed by atoms with Crippen molar-refractivity contribution in [2.24, 2.45) is 11.8 Å². The third kappa shape index (κ3) is 4.73. The highest BCUT2D eigenvalue weighted by Gasteiger charge is 2.33. The van der Waals surface area contributed by atoms with E-state index in [1.807, 2.05) is 20.8 Å². The summed E-state index contributed by atoms with van der Waals surface area (Å²) >= 11 is 0. The Morgan fingerprint density at radius 3 is 2.72 bits per heavy atom. The minimum absolute atomic E-state index is 0.0560. The first kappa shape index (κ1) is 19.7. The molecule has 6 nitrogen and oxygen atoms in total. The van der Waals surface area contributed by atoms with E-state index in [0.29, 0.717) is 31.2 Å². The molecule has 2 rings (SSSR count). The zero-order valence-corrected chi connectivity index (χ0v) is 16.2. The van der Waals surface area contributed by atoms with Gasteiger partial charge in [0.15, 0.2) is 0 Å². The van der Waals surface area contributed by atoms with E-state index in [0.717, 1.165) is 12.0 Å². The van der Waals surface area contributed by atoms with E-state index in [4.69, 9.17) is 4.74 Å². The molecule has 1 N–H and O–H groups in total. The second-order valence-electron chi connectivity index (χ2n) is 6.97. The van der Waals surface area contributed by atoms with Crippen molar-refractivity contribution >= 4 is 15.9 Å². The lowest BCUT2D eigenvalue weighted by Gasteiger charge is -2.31. The predicted molar refractivity (Wildman–Crippen MR) is 97.1 cm³/mol. The summed E-state index contributed by atoms with van der Waals surface area (Å²) < 4.78 is 32.5. The fourth-order valence-electron chi connectivity index (χ4n) is 2.98. The van der Waals surface area contributed by atoms with Crippen LogP contribution in [-0.4, -0.2) is 45.4 Å². The molecule has 0 unspecified atom stereocenters. The third-order valence-electron chi connectivity index (χ3n) is 4.44. The number of aryl methyl sites for hydroxylation is 1. The van der Waals surface area contributed by atoms with Gasteiger partial charge in [0, 0.05) is 19.6 Å². The Labute approximate surface area is 150 Å². The molecule has 25 heavy (non-hydrogen) atoms. The normalized spacial score (nSPS) is 19.0. The number of methoxy groups -OCH3 is 1. The topological polar surface area (TPSA) is 75.7 Å². The number of benzene rings is 1. The van der Waals surface area contributed by atoms with Gasteiger partial charge in [0.25, 0.3) is 0 Å². The zero-order valence-electron chi connectivity index (χ0n) is 15.4. The van der Waals surface area contributed by atoms with E-state index in [-0.39, 0.29) is 23.3 Å². The van der Waals surface area contributed by atoms with Crippen LogP contribution in [0.2, 0.25) is 0 Å². The van der Waals surface area contributed by atoms with Crippen LogP contribution in [0.3, 0.4) is 0 Å². The molecule has 1 amide bonds. The van der Waals surface area contributed by atoms with Crippen molar-refractivity contribution in [3.05, 3.63) is 23.8 Å². The average Bonchev–Trinajstić information content (AvgIpc) is 2.59. The van der Waals surface area contributed by atoms with Crippen molar-refractivity contribution < 1.29 is 17.9 Å². The molecular weight excluding hydrogens is 340 g/mol. The standard InChI is InChI=1S/C18H28N2O4S/c1-13(2)11-19-18(21)15-6-5-9-20(12-15)25(22,23)16-7-8-17(24-4)14(3)10-16/h7-8,10,13,15H,5-6,9,11-12H2,1-4H3,(H,19,21)/t15-/m1/s1. The van der Waals surface area contributed by atoms with Crippen molar-refractivity contribution in [3.8, 4) is 5.75 Å². The van der Waals surface area contributed by atoms with Gasteiger partial charge < -0.3 is 10.1 Å². The van der Waals surface area contributed by atoms with Crippen LogP contribution in [0.15, 0.2) is 23.1 Å². The molecule has 1 aliphatic rings. The highest BCUT2D eigenvalue weighted by atomic mass is 32.2. The third-order valence-corrected chi connectivity index (χ3v) is 6.30. The number of hydrogen-bond acceptors (Lipinski definition) is 4. The van der Waals surface area contributed by atoms with E-state index in [1.165, 1.54) is 4.31 Å². The summed E-state index contributed by atoms with van der Waals surface area (Å²) in [5.74, 6) is 0.680. The number of rotatable bonds is 6. The number of carbonyl (C=O) groups excluding carboxylic acids is 1. The van der Waals surface area contributed by atoms with Crippen LogP contribution in [0.25, 0.3) is 0 Å². The maximum absolute atomic E-state index is 12.9. The minimum atomic E-state index is -3.61. The molecule has 0 aliphatic carbocycles. The molecule has 1 atom stereocenters. The van der Waals surface area contributed by atoms with Gasteiger partial charge in [-0.15, -0.1) is 0 Å². The SMILES string of the molecule is COc1ccc(S(=O)(=O)N2CCC[C@@H](C(=O)NCC(C)C)C2)cc1C. The van der Waals surface area contributed by atoms with Crippen LogP contribution in [-0.2, 0) is 14.8 Å². The van der Waals surface area contributed by atoms with Crippen LogP contribution in [0.4, 0.5) is 0 Å². The first-order chi connectivity index (χ1) is 11.8. The molecule has 0 radical (unpaired) electrons. The van der Waals surface area contributed by atoms with Crippen molar-refractivity contribution in [1.82, 2.24) is 9.62 Å². The van der Waals surface area contributed by atoms with Gasteiger partial charge >= 0.3 is 0 Å². The van der Waals surface area contributed by atoms with Crippen molar-refractivity contribution in [2.45, 2.75) is 38.5 Å². The van der Waals surface area contributed by atoms with Gasteiger partial charge in [0.2, 0.25) is 15.9 Å². The Kier molecular flexibility index (Phi) is 6.46. The molecule has 0 bridgehead atoms. The van der Waals surface area contributed by atoms with E-state index >= 15 is 0 Å². The molecule has 1 saturated heterocycles. The van der Waals surface area contributed by atoms with Gasteiger partial charge in [-0.05, 0) is 49.4 Å². The zero-order chi connectivity index (χ0) is 18.6. The number of nitrogens with zero attached hydrogens (tertiary/aromatic N) is 1. The summed E-state index contributed by atoms with van der Waals surface area (Å²) in [6.45, 7) is 7.17. The van der Waals surface area contributed by atoms with Crippen LogP contribution in [0, 0.1) is 18.8 Å². The second kappa shape index (κ2) is 8.19. The Morgan fingerprint density at radius 1 is 1.40 bits per heavy atom. The molecule has 0 spiro atoms. The average molecular weight is 368 g/mol. The highest BCUT2D eigenvalue weighted by molar-refractivity contribution is 7.89. The minimum Gasteiger partial charge on any atom is -0.496 e. The molecule has 0 saturated carbocycles. The fraction of sp³-hybridized carbons (Fsp3) is 0.611. The summed E-state index contributed by atoms with van der Waals surface area (Å²) in [5, 5.41) is 2.91. The molecule has 1 fully saturated rings.